The highest BCUT2D eigenvalue weighted by Crippen LogP contribution is 2.14. The molecule has 0 bridgehead atoms. The third-order valence-electron chi connectivity index (χ3n) is 2.76. The van der Waals surface area contributed by atoms with E-state index < -0.39 is 27.9 Å². The molecule has 7 nitrogen and oxygen atoms in total. The fourth-order valence-electron chi connectivity index (χ4n) is 1.61. The molecule has 0 aliphatic heterocycles. The van der Waals surface area contributed by atoms with E-state index >= 15 is 0 Å². The van der Waals surface area contributed by atoms with Crippen molar-refractivity contribution in [3.63, 3.8) is 0 Å². The molecule has 0 fully saturated rings. The molecule has 2 amide bonds. The molecule has 1 aromatic rings. The Morgan fingerprint density at radius 2 is 1.67 bits per heavy atom. The number of carboxylic acid groups (broad SMARTS) is 1. The van der Waals surface area contributed by atoms with Crippen molar-refractivity contribution < 1.29 is 23.1 Å². The van der Waals surface area contributed by atoms with Crippen molar-refractivity contribution in [1.82, 2.24) is 5.32 Å². The Labute approximate surface area is 123 Å². The first kappa shape index (κ1) is 17.0. The number of hydrogen-bond donors (Lipinski definition) is 3. The van der Waals surface area contributed by atoms with Gasteiger partial charge in [-0.05, 0) is 30.2 Å². The van der Waals surface area contributed by atoms with Gasteiger partial charge in [0, 0.05) is 11.9 Å². The Morgan fingerprint density at radius 3 is 2.05 bits per heavy atom. The SMILES string of the molecule is CC(C)[C@H](NC(=O)Nc1ccc(S(C)(=O)=O)cc1)C(=O)O. The predicted octanol–water partition coefficient (Wildman–Crippen LogP) is 1.32. The minimum absolute atomic E-state index is 0.138. The van der Waals surface area contributed by atoms with Crippen molar-refractivity contribution in [2.45, 2.75) is 24.8 Å². The minimum Gasteiger partial charge on any atom is -0.480 e. The van der Waals surface area contributed by atoms with Crippen LogP contribution >= 0.6 is 0 Å². The summed E-state index contributed by atoms with van der Waals surface area (Å²) in [5, 5.41) is 13.8. The van der Waals surface area contributed by atoms with Crippen molar-refractivity contribution in [3.05, 3.63) is 24.3 Å². The summed E-state index contributed by atoms with van der Waals surface area (Å²) < 4.78 is 22.6. The van der Waals surface area contributed by atoms with Gasteiger partial charge in [-0.2, -0.15) is 0 Å². The molecule has 21 heavy (non-hydrogen) atoms. The van der Waals surface area contributed by atoms with Crippen molar-refractivity contribution in [1.29, 1.82) is 0 Å². The van der Waals surface area contributed by atoms with Crippen LogP contribution in [-0.2, 0) is 14.6 Å². The number of amides is 2. The van der Waals surface area contributed by atoms with Crippen molar-refractivity contribution in [3.8, 4) is 0 Å². The summed E-state index contributed by atoms with van der Waals surface area (Å²) in [4.78, 5) is 22.8. The van der Waals surface area contributed by atoms with Gasteiger partial charge in [0.1, 0.15) is 6.04 Å². The van der Waals surface area contributed by atoms with Crippen molar-refractivity contribution >= 4 is 27.5 Å². The van der Waals surface area contributed by atoms with Crippen molar-refractivity contribution in [2.75, 3.05) is 11.6 Å². The van der Waals surface area contributed by atoms with Gasteiger partial charge in [0.2, 0.25) is 0 Å². The standard InChI is InChI=1S/C13H18N2O5S/c1-8(2)11(12(16)17)15-13(18)14-9-4-6-10(7-5-9)21(3,19)20/h4-8,11H,1-3H3,(H,16,17)(H2,14,15,18)/t11-/m0/s1. The quantitative estimate of drug-likeness (QED) is 0.758. The number of carbonyl (C=O) groups is 2. The molecule has 0 unspecified atom stereocenters. The predicted molar refractivity (Wildman–Crippen MR) is 78.0 cm³/mol. The number of carboxylic acids is 1. The van der Waals surface area contributed by atoms with Gasteiger partial charge in [0.05, 0.1) is 4.90 Å². The maximum Gasteiger partial charge on any atom is 0.326 e. The molecule has 0 saturated carbocycles. The van der Waals surface area contributed by atoms with Crippen LogP contribution in [0.15, 0.2) is 29.2 Å². The zero-order valence-corrected chi connectivity index (χ0v) is 12.8. The van der Waals surface area contributed by atoms with Crippen LogP contribution in [0.25, 0.3) is 0 Å². The maximum absolute atomic E-state index is 11.7. The van der Waals surface area contributed by atoms with Crippen LogP contribution in [0.3, 0.4) is 0 Å². The van der Waals surface area contributed by atoms with E-state index in [-0.39, 0.29) is 10.8 Å². The first-order valence-electron chi connectivity index (χ1n) is 6.21. The van der Waals surface area contributed by atoms with Crippen LogP contribution < -0.4 is 10.6 Å². The molecular weight excluding hydrogens is 296 g/mol. The van der Waals surface area contributed by atoms with Crippen LogP contribution in [0.1, 0.15) is 13.8 Å². The van der Waals surface area contributed by atoms with Crippen LogP contribution in [0.2, 0.25) is 0 Å². The largest absolute Gasteiger partial charge is 0.480 e. The smallest absolute Gasteiger partial charge is 0.326 e. The molecule has 1 rings (SSSR count). The summed E-state index contributed by atoms with van der Waals surface area (Å²) in [6, 6.07) is 3.93. The lowest BCUT2D eigenvalue weighted by molar-refractivity contribution is -0.140. The summed E-state index contributed by atoms with van der Waals surface area (Å²) in [6.07, 6.45) is 1.09. The molecule has 3 N–H and O–H groups in total. The number of nitrogens with one attached hydrogen (secondary N) is 2. The van der Waals surface area contributed by atoms with Crippen LogP contribution in [0, 0.1) is 5.92 Å². The zero-order valence-electron chi connectivity index (χ0n) is 12.0. The zero-order chi connectivity index (χ0) is 16.2. The highest BCUT2D eigenvalue weighted by Gasteiger charge is 2.23. The number of benzene rings is 1. The molecule has 0 radical (unpaired) electrons. The number of hydrogen-bond acceptors (Lipinski definition) is 4. The highest BCUT2D eigenvalue weighted by molar-refractivity contribution is 7.90. The first-order chi connectivity index (χ1) is 9.61. The van der Waals surface area contributed by atoms with Crippen molar-refractivity contribution in [2.24, 2.45) is 5.92 Å². The Morgan fingerprint density at radius 1 is 1.14 bits per heavy atom. The number of rotatable bonds is 5. The average Bonchev–Trinajstić information content (AvgIpc) is 2.34. The van der Waals surface area contributed by atoms with E-state index in [1.165, 1.54) is 24.3 Å². The maximum atomic E-state index is 11.7. The number of urea groups is 1. The summed E-state index contributed by atoms with van der Waals surface area (Å²) in [7, 11) is -3.30. The molecule has 0 aromatic heterocycles. The molecule has 116 valence electrons. The van der Waals surface area contributed by atoms with E-state index in [0.29, 0.717) is 5.69 Å². The topological polar surface area (TPSA) is 113 Å². The highest BCUT2D eigenvalue weighted by atomic mass is 32.2. The van der Waals surface area contributed by atoms with E-state index in [0.717, 1.165) is 6.26 Å². The second-order valence-corrected chi connectivity index (χ2v) is 6.97. The van der Waals surface area contributed by atoms with Gasteiger partial charge in [-0.15, -0.1) is 0 Å². The Bertz CT molecular complexity index is 622. The second-order valence-electron chi connectivity index (χ2n) is 4.95. The van der Waals surface area contributed by atoms with Crippen LogP contribution in [-0.4, -0.2) is 37.8 Å². The number of anilines is 1. The monoisotopic (exact) mass is 314 g/mol. The third kappa shape index (κ3) is 5.07. The molecule has 8 heteroatoms. The Balaban J connectivity index is 2.73. The summed E-state index contributed by atoms with van der Waals surface area (Å²) in [6.45, 7) is 3.36. The molecule has 0 aliphatic rings. The van der Waals surface area contributed by atoms with Gasteiger partial charge in [0.15, 0.2) is 9.84 Å². The van der Waals surface area contributed by atoms with Gasteiger partial charge >= 0.3 is 12.0 Å². The number of sulfone groups is 1. The molecular formula is C13H18N2O5S. The molecule has 1 aromatic carbocycles. The molecule has 1 atom stereocenters. The molecule has 0 saturated heterocycles. The van der Waals surface area contributed by atoms with E-state index in [9.17, 15) is 18.0 Å². The first-order valence-corrected chi connectivity index (χ1v) is 8.11. The fraction of sp³-hybridized carbons (Fsp3) is 0.385. The van der Waals surface area contributed by atoms with E-state index in [1.54, 1.807) is 13.8 Å². The fourth-order valence-corrected chi connectivity index (χ4v) is 2.24. The average molecular weight is 314 g/mol. The lowest BCUT2D eigenvalue weighted by Gasteiger charge is -2.18. The number of aliphatic carboxylic acids is 1. The minimum atomic E-state index is -3.30. The Kier molecular flexibility index (Phi) is 5.31. The van der Waals surface area contributed by atoms with Gasteiger partial charge in [-0.3, -0.25) is 0 Å². The lowest BCUT2D eigenvalue weighted by Crippen LogP contribution is -2.46. The Hall–Kier alpha value is -2.09. The molecule has 0 heterocycles. The summed E-state index contributed by atoms with van der Waals surface area (Å²) in [5.74, 6) is -1.38. The normalized spacial score (nSPS) is 12.8. The van der Waals surface area contributed by atoms with Gasteiger partial charge in [-0.25, -0.2) is 18.0 Å². The van der Waals surface area contributed by atoms with Crippen LogP contribution in [0.5, 0.6) is 0 Å². The van der Waals surface area contributed by atoms with E-state index in [2.05, 4.69) is 10.6 Å². The van der Waals surface area contributed by atoms with Crippen LogP contribution in [0.4, 0.5) is 10.5 Å². The molecule has 0 spiro atoms. The van der Waals surface area contributed by atoms with E-state index in [4.69, 9.17) is 5.11 Å². The van der Waals surface area contributed by atoms with Gasteiger partial charge in [0.25, 0.3) is 0 Å². The molecule has 0 aliphatic carbocycles. The van der Waals surface area contributed by atoms with Gasteiger partial charge < -0.3 is 15.7 Å². The summed E-state index contributed by atoms with van der Waals surface area (Å²) in [5.41, 5.74) is 0.368. The summed E-state index contributed by atoms with van der Waals surface area (Å²) >= 11 is 0. The third-order valence-corrected chi connectivity index (χ3v) is 3.89. The lowest BCUT2D eigenvalue weighted by atomic mass is 10.1. The van der Waals surface area contributed by atoms with E-state index in [1.807, 2.05) is 0 Å². The van der Waals surface area contributed by atoms with Gasteiger partial charge in [-0.1, -0.05) is 13.8 Å². The number of carbonyl (C=O) groups excluding carboxylic acids is 1. The second kappa shape index (κ2) is 6.57.